The van der Waals surface area contributed by atoms with Crippen LogP contribution in [0, 0.1) is 6.07 Å². The molecule has 0 bridgehead atoms. The summed E-state index contributed by atoms with van der Waals surface area (Å²) in [6, 6.07) is 27.8. The van der Waals surface area contributed by atoms with E-state index in [1.54, 1.807) is 12.1 Å². The van der Waals surface area contributed by atoms with Gasteiger partial charge in [0.2, 0.25) is 0 Å². The molecule has 115 valence electrons. The molecule has 0 saturated heterocycles. The Kier molecular flexibility index (Phi) is 4.87. The largest absolute Gasteiger partial charge is 0.300 e. The molecule has 3 rings (SSSR count). The van der Waals surface area contributed by atoms with Crippen LogP contribution in [0.25, 0.3) is 0 Å². The average Bonchev–Trinajstić information content (AvgIpc) is 2.62. The van der Waals surface area contributed by atoms with E-state index in [0.717, 1.165) is 10.6 Å². The molecule has 0 amide bonds. The fourth-order valence-corrected chi connectivity index (χ4v) is 5.49. The van der Waals surface area contributed by atoms with Crippen LogP contribution in [-0.4, -0.2) is 8.42 Å². The minimum Gasteiger partial charge on any atom is -0.234 e. The number of hydrogen-bond acceptors (Lipinski definition) is 3. The third-order valence-corrected chi connectivity index (χ3v) is 6.87. The molecule has 1 radical (unpaired) electrons. The molecule has 5 heteroatoms. The molecule has 0 saturated carbocycles. The van der Waals surface area contributed by atoms with Crippen molar-refractivity contribution in [2.45, 2.75) is 4.90 Å². The second-order valence-electron chi connectivity index (χ2n) is 4.73. The van der Waals surface area contributed by atoms with Crippen LogP contribution in [0.5, 0.6) is 0 Å². The van der Waals surface area contributed by atoms with E-state index < -0.39 is 18.3 Å². The molecular formula is C18H14O3PS. The smallest absolute Gasteiger partial charge is 0.234 e. The summed E-state index contributed by atoms with van der Waals surface area (Å²) in [6.07, 6.45) is 0. The van der Waals surface area contributed by atoms with Crippen molar-refractivity contribution in [2.24, 2.45) is 0 Å². The summed E-state index contributed by atoms with van der Waals surface area (Å²) in [7, 11) is -5.32. The van der Waals surface area contributed by atoms with Crippen LogP contribution in [0.2, 0.25) is 0 Å². The number of benzene rings is 3. The molecule has 0 aliphatic carbocycles. The summed E-state index contributed by atoms with van der Waals surface area (Å²) in [6.45, 7) is 0. The maximum absolute atomic E-state index is 12.6. The van der Waals surface area contributed by atoms with Crippen LogP contribution in [0.15, 0.2) is 89.8 Å². The van der Waals surface area contributed by atoms with Gasteiger partial charge in [0.25, 0.3) is 0 Å². The zero-order valence-corrected chi connectivity index (χ0v) is 13.9. The van der Waals surface area contributed by atoms with Gasteiger partial charge in [0.05, 0.1) is 4.90 Å². The molecule has 0 aliphatic heterocycles. The minimum absolute atomic E-state index is 0.111. The fourth-order valence-electron chi connectivity index (χ4n) is 2.04. The quantitative estimate of drug-likeness (QED) is 0.669. The highest BCUT2D eigenvalue weighted by atomic mass is 32.2. The van der Waals surface area contributed by atoms with E-state index >= 15 is 0 Å². The molecule has 0 fully saturated rings. The van der Waals surface area contributed by atoms with Gasteiger partial charge >= 0.3 is 10.1 Å². The first-order chi connectivity index (χ1) is 11.2. The molecule has 0 atom stereocenters. The second kappa shape index (κ2) is 7.05. The lowest BCUT2D eigenvalue weighted by molar-refractivity contribution is 0.513. The first-order valence-corrected chi connectivity index (χ1v) is 9.64. The summed E-state index contributed by atoms with van der Waals surface area (Å²) >= 11 is 0. The number of hydrogen-bond donors (Lipinski definition) is 0. The highest BCUT2D eigenvalue weighted by Crippen LogP contribution is 2.38. The van der Waals surface area contributed by atoms with Crippen LogP contribution in [-0.2, 0) is 14.1 Å². The lowest BCUT2D eigenvalue weighted by Gasteiger charge is -2.18. The molecule has 0 spiro atoms. The molecular weight excluding hydrogens is 327 g/mol. The summed E-state index contributed by atoms with van der Waals surface area (Å²) in [5, 5.41) is 1.69. The van der Waals surface area contributed by atoms with Crippen molar-refractivity contribution in [2.75, 3.05) is 0 Å². The molecule has 0 heterocycles. The molecule has 3 nitrogen and oxygen atoms in total. The summed E-state index contributed by atoms with van der Waals surface area (Å²) in [5.74, 6) is 0. The standard InChI is InChI=1S/C18H14O3PS/c19-23(20,18-14-8-3-9-15-18)21-22(16-10-4-1-5-11-16)17-12-6-2-7-13-17/h1-8,10-15H. The van der Waals surface area contributed by atoms with Gasteiger partial charge in [-0.25, -0.2) is 3.97 Å². The molecule has 3 aromatic rings. The van der Waals surface area contributed by atoms with Crippen LogP contribution in [0.1, 0.15) is 0 Å². The van der Waals surface area contributed by atoms with Gasteiger partial charge < -0.3 is 0 Å². The summed E-state index contributed by atoms with van der Waals surface area (Å²) < 4.78 is 30.7. The van der Waals surface area contributed by atoms with Crippen molar-refractivity contribution in [1.82, 2.24) is 0 Å². The van der Waals surface area contributed by atoms with Gasteiger partial charge in [0.15, 0.2) is 0 Å². The van der Waals surface area contributed by atoms with Crippen LogP contribution >= 0.6 is 8.15 Å². The Morgan fingerprint density at radius 2 is 1.35 bits per heavy atom. The van der Waals surface area contributed by atoms with Crippen molar-refractivity contribution in [1.29, 1.82) is 0 Å². The molecule has 3 aromatic carbocycles. The normalized spacial score (nSPS) is 11.5. The van der Waals surface area contributed by atoms with Gasteiger partial charge in [-0.15, -0.1) is 0 Å². The first kappa shape index (κ1) is 15.9. The Labute approximate surface area is 137 Å². The Morgan fingerprint density at radius 1 is 0.783 bits per heavy atom. The van der Waals surface area contributed by atoms with Gasteiger partial charge in [-0.05, 0) is 18.2 Å². The summed E-state index contributed by atoms with van der Waals surface area (Å²) in [5.41, 5.74) is 0. The minimum atomic E-state index is -3.86. The van der Waals surface area contributed by atoms with E-state index in [1.807, 2.05) is 60.7 Å². The first-order valence-electron chi connectivity index (χ1n) is 6.98. The third-order valence-electron chi connectivity index (χ3n) is 3.12. The van der Waals surface area contributed by atoms with E-state index in [-0.39, 0.29) is 4.90 Å². The zero-order valence-electron chi connectivity index (χ0n) is 12.2. The topological polar surface area (TPSA) is 43.4 Å². The number of rotatable bonds is 5. The van der Waals surface area contributed by atoms with E-state index in [1.165, 1.54) is 12.1 Å². The van der Waals surface area contributed by atoms with E-state index in [2.05, 4.69) is 6.07 Å². The summed E-state index contributed by atoms with van der Waals surface area (Å²) in [4.78, 5) is 0.111. The molecule has 0 aliphatic rings. The Morgan fingerprint density at radius 3 is 1.83 bits per heavy atom. The Hall–Kier alpha value is -2.00. The van der Waals surface area contributed by atoms with Gasteiger partial charge in [-0.1, -0.05) is 72.8 Å². The lowest BCUT2D eigenvalue weighted by Crippen LogP contribution is -2.17. The van der Waals surface area contributed by atoms with Crippen molar-refractivity contribution in [3.8, 4) is 0 Å². The highest BCUT2D eigenvalue weighted by Gasteiger charge is 2.24. The van der Waals surface area contributed by atoms with E-state index in [4.69, 9.17) is 3.97 Å². The predicted octanol–water partition coefficient (Wildman–Crippen LogP) is 3.24. The monoisotopic (exact) mass is 341 g/mol. The highest BCUT2D eigenvalue weighted by molar-refractivity contribution is 7.93. The van der Waals surface area contributed by atoms with Gasteiger partial charge in [-0.3, -0.25) is 0 Å². The van der Waals surface area contributed by atoms with Crippen molar-refractivity contribution in [3.05, 3.63) is 91.0 Å². The van der Waals surface area contributed by atoms with E-state index in [9.17, 15) is 8.42 Å². The maximum Gasteiger partial charge on any atom is 0.300 e. The third kappa shape index (κ3) is 3.85. The van der Waals surface area contributed by atoms with Gasteiger partial charge in [-0.2, -0.15) is 8.42 Å². The van der Waals surface area contributed by atoms with Crippen molar-refractivity contribution < 1.29 is 12.4 Å². The molecule has 0 N–H and O–H groups in total. The lowest BCUT2D eigenvalue weighted by atomic mass is 10.4. The van der Waals surface area contributed by atoms with Gasteiger partial charge in [0, 0.05) is 10.6 Å². The molecule has 0 unspecified atom stereocenters. The SMILES string of the molecule is O=S(=O)(OP(c1ccccc1)c1ccccc1)c1c[c]ccc1. The second-order valence-corrected chi connectivity index (χ2v) is 8.33. The van der Waals surface area contributed by atoms with Crippen LogP contribution in [0.3, 0.4) is 0 Å². The molecule has 23 heavy (non-hydrogen) atoms. The Bertz CT molecular complexity index is 811. The van der Waals surface area contributed by atoms with Crippen molar-refractivity contribution >= 4 is 28.9 Å². The molecule has 0 aromatic heterocycles. The maximum atomic E-state index is 12.6. The fraction of sp³-hybridized carbons (Fsp3) is 0. The van der Waals surface area contributed by atoms with Crippen LogP contribution in [0.4, 0.5) is 0 Å². The van der Waals surface area contributed by atoms with Crippen LogP contribution < -0.4 is 10.6 Å². The van der Waals surface area contributed by atoms with Crippen molar-refractivity contribution in [3.63, 3.8) is 0 Å². The van der Waals surface area contributed by atoms with Gasteiger partial charge in [0.1, 0.15) is 8.15 Å². The zero-order chi connectivity index (χ0) is 16.1. The predicted molar refractivity (Wildman–Crippen MR) is 92.6 cm³/mol. The van der Waals surface area contributed by atoms with E-state index in [0.29, 0.717) is 0 Å². The Balaban J connectivity index is 2.00. The average molecular weight is 341 g/mol.